The first kappa shape index (κ1) is 25.2. The third-order valence-electron chi connectivity index (χ3n) is 5.97. The highest BCUT2D eigenvalue weighted by molar-refractivity contribution is 6.83. The molecule has 0 nitrogen and oxygen atoms in total. The molecule has 0 aliphatic heterocycles. The van der Waals surface area contributed by atoms with Crippen molar-refractivity contribution in [2.24, 2.45) is 0 Å². The summed E-state index contributed by atoms with van der Waals surface area (Å²) in [6, 6.07) is 7.78. The van der Waals surface area contributed by atoms with Crippen LogP contribution in [0.4, 0.5) is 0 Å². The van der Waals surface area contributed by atoms with Crippen molar-refractivity contribution in [2.75, 3.05) is 0 Å². The lowest BCUT2D eigenvalue weighted by atomic mass is 10.2. The van der Waals surface area contributed by atoms with E-state index in [-0.39, 0.29) is 0 Å². The van der Waals surface area contributed by atoms with Gasteiger partial charge in [0.2, 0.25) is 0 Å². The number of unbranched alkanes of at least 4 members (excludes halogenated alkanes) is 12. The van der Waals surface area contributed by atoms with E-state index in [1.165, 1.54) is 103 Å². The smallest absolute Gasteiger partial charge is 0.0566 e. The molecule has 151 valence electrons. The van der Waals surface area contributed by atoms with Crippen LogP contribution in [0, 0.1) is 6.04 Å². The van der Waals surface area contributed by atoms with Gasteiger partial charge in [0.1, 0.15) is 0 Å². The molecular weight excluding hydrogens is 316 g/mol. The molecule has 0 spiro atoms. The molecule has 0 unspecified atom stereocenters. The van der Waals surface area contributed by atoms with Crippen molar-refractivity contribution in [1.82, 2.24) is 0 Å². The first-order chi connectivity index (χ1) is 12.2. The summed E-state index contributed by atoms with van der Waals surface area (Å²) in [6.07, 6.45) is 23.2. The SMILES string of the molecule is CCCCC[CH][Si](CCCCCC)(CCCCCC)CCCCCC. The van der Waals surface area contributed by atoms with E-state index in [1.807, 2.05) is 0 Å². The van der Waals surface area contributed by atoms with Crippen molar-refractivity contribution in [3.63, 3.8) is 0 Å². The van der Waals surface area contributed by atoms with Gasteiger partial charge in [0.25, 0.3) is 0 Å². The van der Waals surface area contributed by atoms with E-state index in [0.717, 1.165) is 0 Å². The van der Waals surface area contributed by atoms with Crippen LogP contribution in [-0.4, -0.2) is 8.07 Å². The lowest BCUT2D eigenvalue weighted by Gasteiger charge is -2.33. The molecule has 0 aromatic heterocycles. The van der Waals surface area contributed by atoms with Crippen molar-refractivity contribution in [3.05, 3.63) is 6.04 Å². The van der Waals surface area contributed by atoms with Crippen molar-refractivity contribution >= 4 is 8.07 Å². The average Bonchev–Trinajstić information content (AvgIpc) is 2.63. The van der Waals surface area contributed by atoms with E-state index in [2.05, 4.69) is 33.7 Å². The van der Waals surface area contributed by atoms with Crippen molar-refractivity contribution < 1.29 is 0 Å². The van der Waals surface area contributed by atoms with Gasteiger partial charge in [0, 0.05) is 0 Å². The Morgan fingerprint density at radius 3 is 1.16 bits per heavy atom. The molecule has 0 aliphatic rings. The summed E-state index contributed by atoms with van der Waals surface area (Å²) in [5, 5.41) is 0. The van der Waals surface area contributed by atoms with Gasteiger partial charge < -0.3 is 0 Å². The molecule has 0 saturated heterocycles. The zero-order valence-electron chi connectivity index (χ0n) is 18.5. The fourth-order valence-electron chi connectivity index (χ4n) is 4.20. The van der Waals surface area contributed by atoms with Gasteiger partial charge in [-0.3, -0.25) is 0 Å². The van der Waals surface area contributed by atoms with E-state index in [9.17, 15) is 0 Å². The highest BCUT2D eigenvalue weighted by Crippen LogP contribution is 2.33. The number of hydrogen-bond donors (Lipinski definition) is 0. The summed E-state index contributed by atoms with van der Waals surface area (Å²) >= 11 is 0. The second kappa shape index (κ2) is 19.0. The van der Waals surface area contributed by atoms with Crippen molar-refractivity contribution in [1.29, 1.82) is 0 Å². The molecule has 0 aromatic rings. The van der Waals surface area contributed by atoms with Crippen molar-refractivity contribution in [2.45, 2.75) is 149 Å². The van der Waals surface area contributed by atoms with Crippen LogP contribution in [0.2, 0.25) is 18.1 Å². The quantitative estimate of drug-likeness (QED) is 0.148. The molecule has 0 saturated carbocycles. The monoisotopic (exact) mass is 367 g/mol. The largest absolute Gasteiger partial charge is 0.0654 e. The third kappa shape index (κ3) is 15.0. The maximum Gasteiger partial charge on any atom is 0.0566 e. The fraction of sp³-hybridized carbons (Fsp3) is 0.958. The molecule has 0 amide bonds. The van der Waals surface area contributed by atoms with Crippen LogP contribution >= 0.6 is 0 Å². The maximum atomic E-state index is 2.95. The minimum absolute atomic E-state index is 1.12. The standard InChI is InChI=1S/C24H51Si/c1-5-9-13-17-21-25(22-18-14-10-6-2,23-19-15-11-7-3)24-20-16-12-8-4/h21H,5-20,22-24H2,1-4H3. The third-order valence-corrected chi connectivity index (χ3v) is 11.2. The van der Waals surface area contributed by atoms with Crippen LogP contribution < -0.4 is 0 Å². The summed E-state index contributed by atoms with van der Waals surface area (Å²) in [5.74, 6) is 0. The Bertz CT molecular complexity index is 195. The summed E-state index contributed by atoms with van der Waals surface area (Å²) in [4.78, 5) is 0. The van der Waals surface area contributed by atoms with Gasteiger partial charge in [-0.05, 0) is 6.04 Å². The molecule has 0 N–H and O–H groups in total. The molecule has 0 heterocycles. The second-order valence-electron chi connectivity index (χ2n) is 8.49. The van der Waals surface area contributed by atoms with E-state index in [4.69, 9.17) is 0 Å². The Morgan fingerprint density at radius 1 is 0.440 bits per heavy atom. The van der Waals surface area contributed by atoms with Gasteiger partial charge in [-0.25, -0.2) is 0 Å². The molecule has 0 rings (SSSR count). The van der Waals surface area contributed by atoms with Gasteiger partial charge in [0.05, 0.1) is 8.07 Å². The highest BCUT2D eigenvalue weighted by Gasteiger charge is 2.30. The molecule has 0 bridgehead atoms. The Hall–Kier alpha value is 0.217. The molecule has 0 aromatic carbocycles. The van der Waals surface area contributed by atoms with E-state index in [1.54, 1.807) is 18.1 Å². The van der Waals surface area contributed by atoms with Crippen LogP contribution in [0.25, 0.3) is 0 Å². The van der Waals surface area contributed by atoms with Gasteiger partial charge in [-0.15, -0.1) is 0 Å². The molecule has 0 atom stereocenters. The van der Waals surface area contributed by atoms with E-state index >= 15 is 0 Å². The lowest BCUT2D eigenvalue weighted by Crippen LogP contribution is -2.35. The van der Waals surface area contributed by atoms with Crippen LogP contribution in [0.5, 0.6) is 0 Å². The van der Waals surface area contributed by atoms with Crippen LogP contribution in [0.1, 0.15) is 130 Å². The fourth-order valence-corrected chi connectivity index (χ4v) is 9.24. The van der Waals surface area contributed by atoms with Gasteiger partial charge in [-0.1, -0.05) is 149 Å². The van der Waals surface area contributed by atoms with Crippen LogP contribution in [-0.2, 0) is 0 Å². The summed E-state index contributed by atoms with van der Waals surface area (Å²) in [5.41, 5.74) is 0. The van der Waals surface area contributed by atoms with E-state index < -0.39 is 8.07 Å². The highest BCUT2D eigenvalue weighted by atomic mass is 28.3. The topological polar surface area (TPSA) is 0 Å². The molecule has 0 aliphatic carbocycles. The first-order valence-electron chi connectivity index (χ1n) is 12.1. The predicted molar refractivity (Wildman–Crippen MR) is 121 cm³/mol. The minimum atomic E-state index is -1.12. The lowest BCUT2D eigenvalue weighted by molar-refractivity contribution is 0.660. The summed E-state index contributed by atoms with van der Waals surface area (Å²) < 4.78 is 0. The average molecular weight is 368 g/mol. The molecule has 25 heavy (non-hydrogen) atoms. The van der Waals surface area contributed by atoms with Crippen LogP contribution in [0.3, 0.4) is 0 Å². The first-order valence-corrected chi connectivity index (χ1v) is 14.8. The normalized spacial score (nSPS) is 12.0. The molecule has 0 fully saturated rings. The summed E-state index contributed by atoms with van der Waals surface area (Å²) in [7, 11) is -1.12. The van der Waals surface area contributed by atoms with Crippen molar-refractivity contribution in [3.8, 4) is 0 Å². The summed E-state index contributed by atoms with van der Waals surface area (Å²) in [6.45, 7) is 9.37. The Balaban J connectivity index is 4.62. The van der Waals surface area contributed by atoms with E-state index in [0.29, 0.717) is 0 Å². The molecular formula is C24H51Si. The van der Waals surface area contributed by atoms with Gasteiger partial charge >= 0.3 is 0 Å². The zero-order valence-corrected chi connectivity index (χ0v) is 19.5. The zero-order chi connectivity index (χ0) is 18.6. The Morgan fingerprint density at radius 2 is 0.800 bits per heavy atom. The number of hydrogen-bond acceptors (Lipinski definition) is 0. The second-order valence-corrected chi connectivity index (χ2v) is 13.1. The molecule has 1 heteroatoms. The number of rotatable bonds is 20. The van der Waals surface area contributed by atoms with Gasteiger partial charge in [0.15, 0.2) is 0 Å². The Kier molecular flexibility index (Phi) is 19.2. The Labute approximate surface area is 163 Å². The molecule has 1 radical (unpaired) electrons. The minimum Gasteiger partial charge on any atom is -0.0654 e. The maximum absolute atomic E-state index is 2.95. The van der Waals surface area contributed by atoms with Gasteiger partial charge in [-0.2, -0.15) is 0 Å². The van der Waals surface area contributed by atoms with Crippen LogP contribution in [0.15, 0.2) is 0 Å². The predicted octanol–water partition coefficient (Wildman–Crippen LogP) is 9.50.